The lowest BCUT2D eigenvalue weighted by atomic mass is 10.1. The molecule has 0 radical (unpaired) electrons. The molecule has 28 heavy (non-hydrogen) atoms. The van der Waals surface area contributed by atoms with Crippen LogP contribution in [0.1, 0.15) is 16.2 Å². The third-order valence-electron chi connectivity index (χ3n) is 3.73. The predicted molar refractivity (Wildman–Crippen MR) is 99.1 cm³/mol. The molecule has 0 aliphatic heterocycles. The van der Waals surface area contributed by atoms with E-state index in [9.17, 15) is 18.0 Å². The number of amides is 1. The van der Waals surface area contributed by atoms with Crippen molar-refractivity contribution in [3.8, 4) is 11.3 Å². The summed E-state index contributed by atoms with van der Waals surface area (Å²) < 4.78 is 42.6. The molecule has 1 amide bonds. The summed E-state index contributed by atoms with van der Waals surface area (Å²) in [5, 5.41) is 5.42. The monoisotopic (exact) mass is 409 g/mol. The summed E-state index contributed by atoms with van der Waals surface area (Å²) in [6.07, 6.45) is -2.92. The van der Waals surface area contributed by atoms with Gasteiger partial charge in [-0.15, -0.1) is 0 Å². The number of hydrogen-bond acceptors (Lipinski definition) is 4. The molecule has 0 saturated heterocycles. The van der Waals surface area contributed by atoms with Crippen LogP contribution in [-0.4, -0.2) is 23.6 Å². The Morgan fingerprint density at radius 3 is 2.54 bits per heavy atom. The maximum Gasteiger partial charge on any atom is 0.405 e. The number of oxazole rings is 1. The van der Waals surface area contributed by atoms with Crippen molar-refractivity contribution in [1.82, 2.24) is 10.3 Å². The molecular formula is C19H15ClF3N3O2. The largest absolute Gasteiger partial charge is 0.439 e. The maximum atomic E-state index is 12.3. The van der Waals surface area contributed by atoms with E-state index in [1.807, 2.05) is 5.32 Å². The van der Waals surface area contributed by atoms with Gasteiger partial charge in [-0.05, 0) is 36.4 Å². The van der Waals surface area contributed by atoms with Crippen molar-refractivity contribution in [2.45, 2.75) is 12.7 Å². The van der Waals surface area contributed by atoms with Crippen LogP contribution < -0.4 is 10.6 Å². The second-order valence-corrected chi connectivity index (χ2v) is 6.26. The first-order valence-corrected chi connectivity index (χ1v) is 8.58. The maximum absolute atomic E-state index is 12.3. The quantitative estimate of drug-likeness (QED) is 0.607. The molecule has 0 aliphatic carbocycles. The molecule has 146 valence electrons. The Bertz CT molecular complexity index is 956. The summed E-state index contributed by atoms with van der Waals surface area (Å²) >= 11 is 5.86. The highest BCUT2D eigenvalue weighted by atomic mass is 35.5. The number of rotatable bonds is 6. The van der Waals surface area contributed by atoms with E-state index in [4.69, 9.17) is 16.0 Å². The number of hydrogen-bond donors (Lipinski definition) is 2. The van der Waals surface area contributed by atoms with Crippen LogP contribution >= 0.6 is 11.6 Å². The molecule has 0 saturated carbocycles. The SMILES string of the molecule is O=C(NCC(F)(F)F)c1ccccc1NCc1ncc(-c2ccc(Cl)cc2)o1. The van der Waals surface area contributed by atoms with Crippen molar-refractivity contribution >= 4 is 23.2 Å². The van der Waals surface area contributed by atoms with Gasteiger partial charge in [0, 0.05) is 16.3 Å². The van der Waals surface area contributed by atoms with Gasteiger partial charge >= 0.3 is 6.18 Å². The van der Waals surface area contributed by atoms with E-state index in [1.165, 1.54) is 6.07 Å². The van der Waals surface area contributed by atoms with E-state index < -0.39 is 18.6 Å². The minimum absolute atomic E-state index is 0.0937. The average molecular weight is 410 g/mol. The van der Waals surface area contributed by atoms with Crippen molar-refractivity contribution in [1.29, 1.82) is 0 Å². The van der Waals surface area contributed by atoms with Crippen molar-refractivity contribution < 1.29 is 22.4 Å². The first-order valence-electron chi connectivity index (χ1n) is 8.20. The average Bonchev–Trinajstić information content (AvgIpc) is 3.14. The van der Waals surface area contributed by atoms with Crippen molar-refractivity contribution in [2.24, 2.45) is 0 Å². The topological polar surface area (TPSA) is 67.2 Å². The van der Waals surface area contributed by atoms with Gasteiger partial charge in [-0.1, -0.05) is 23.7 Å². The molecule has 5 nitrogen and oxygen atoms in total. The molecule has 9 heteroatoms. The number of alkyl halides is 3. The van der Waals surface area contributed by atoms with Crippen molar-refractivity contribution in [3.05, 3.63) is 71.2 Å². The van der Waals surface area contributed by atoms with E-state index in [0.29, 0.717) is 22.4 Å². The Morgan fingerprint density at radius 1 is 1.11 bits per heavy atom. The highest BCUT2D eigenvalue weighted by Gasteiger charge is 2.28. The number of halogens is 4. The van der Waals surface area contributed by atoms with Crippen molar-refractivity contribution in [2.75, 3.05) is 11.9 Å². The molecule has 0 spiro atoms. The zero-order valence-corrected chi connectivity index (χ0v) is 15.1. The van der Waals surface area contributed by atoms with Crippen LogP contribution in [0.3, 0.4) is 0 Å². The smallest absolute Gasteiger partial charge is 0.405 e. The molecule has 1 heterocycles. The minimum Gasteiger partial charge on any atom is -0.439 e. The number of para-hydroxylation sites is 1. The zero-order valence-electron chi connectivity index (χ0n) is 14.4. The van der Waals surface area contributed by atoms with Crippen LogP contribution in [-0.2, 0) is 6.54 Å². The minimum atomic E-state index is -4.48. The van der Waals surface area contributed by atoms with Crippen LogP contribution in [0, 0.1) is 0 Å². The fourth-order valence-electron chi connectivity index (χ4n) is 2.42. The lowest BCUT2D eigenvalue weighted by Crippen LogP contribution is -2.34. The third kappa shape index (κ3) is 5.26. The molecule has 0 bridgehead atoms. The molecule has 0 unspecified atom stereocenters. The van der Waals surface area contributed by atoms with Gasteiger partial charge in [0.25, 0.3) is 5.91 Å². The van der Waals surface area contributed by atoms with Gasteiger partial charge in [0.2, 0.25) is 5.89 Å². The second kappa shape index (κ2) is 8.35. The Balaban J connectivity index is 1.67. The number of nitrogens with one attached hydrogen (secondary N) is 2. The standard InChI is InChI=1S/C19H15ClF3N3O2/c20-13-7-5-12(6-8-13)16-9-25-17(28-16)10-24-15-4-2-1-3-14(15)18(27)26-11-19(21,22)23/h1-9,24H,10-11H2,(H,26,27). The number of nitrogens with zero attached hydrogens (tertiary/aromatic N) is 1. The molecule has 2 N–H and O–H groups in total. The van der Waals surface area contributed by atoms with Gasteiger partial charge in [0.15, 0.2) is 5.76 Å². The number of anilines is 1. The van der Waals surface area contributed by atoms with Gasteiger partial charge in [0.1, 0.15) is 6.54 Å². The Labute approximate surface area is 163 Å². The molecular weight excluding hydrogens is 395 g/mol. The zero-order chi connectivity index (χ0) is 20.1. The summed E-state index contributed by atoms with van der Waals surface area (Å²) in [5.41, 5.74) is 1.26. The molecule has 3 aromatic rings. The molecule has 1 aromatic heterocycles. The van der Waals surface area contributed by atoms with Gasteiger partial charge in [-0.3, -0.25) is 4.79 Å². The second-order valence-electron chi connectivity index (χ2n) is 5.82. The van der Waals surface area contributed by atoms with E-state index in [1.54, 1.807) is 48.7 Å². The normalized spacial score (nSPS) is 11.3. The van der Waals surface area contributed by atoms with Crippen LogP contribution in [0.25, 0.3) is 11.3 Å². The first kappa shape index (κ1) is 19.8. The van der Waals surface area contributed by atoms with Crippen molar-refractivity contribution in [3.63, 3.8) is 0 Å². The van der Waals surface area contributed by atoms with Crippen LogP contribution in [0.4, 0.5) is 18.9 Å². The lowest BCUT2D eigenvalue weighted by Gasteiger charge is -2.12. The Kier molecular flexibility index (Phi) is 5.89. The Hall–Kier alpha value is -3.00. The summed E-state index contributed by atoms with van der Waals surface area (Å²) in [6, 6.07) is 13.3. The molecule has 0 atom stereocenters. The van der Waals surface area contributed by atoms with E-state index in [2.05, 4.69) is 10.3 Å². The summed E-state index contributed by atoms with van der Waals surface area (Å²) in [5.74, 6) is 0.0785. The van der Waals surface area contributed by atoms with Crippen LogP contribution in [0.5, 0.6) is 0 Å². The number of benzene rings is 2. The van der Waals surface area contributed by atoms with Gasteiger partial charge < -0.3 is 15.1 Å². The number of carbonyl (C=O) groups is 1. The lowest BCUT2D eigenvalue weighted by molar-refractivity contribution is -0.123. The third-order valence-corrected chi connectivity index (χ3v) is 3.99. The van der Waals surface area contributed by atoms with E-state index in [-0.39, 0.29) is 12.1 Å². The summed E-state index contributed by atoms with van der Waals surface area (Å²) in [7, 11) is 0. The molecule has 3 rings (SSSR count). The fourth-order valence-corrected chi connectivity index (χ4v) is 2.55. The predicted octanol–water partition coefficient (Wildman–Crippen LogP) is 4.90. The van der Waals surface area contributed by atoms with Gasteiger partial charge in [0.05, 0.1) is 18.3 Å². The number of aromatic nitrogens is 1. The fraction of sp³-hybridized carbons (Fsp3) is 0.158. The van der Waals surface area contributed by atoms with Gasteiger partial charge in [-0.25, -0.2) is 4.98 Å². The highest BCUT2D eigenvalue weighted by Crippen LogP contribution is 2.23. The summed E-state index contributed by atoms with van der Waals surface area (Å²) in [6.45, 7) is -1.25. The first-order chi connectivity index (χ1) is 13.3. The Morgan fingerprint density at radius 2 is 1.82 bits per heavy atom. The van der Waals surface area contributed by atoms with Crippen LogP contribution in [0.2, 0.25) is 5.02 Å². The number of carbonyl (C=O) groups excluding carboxylic acids is 1. The molecule has 2 aromatic carbocycles. The van der Waals surface area contributed by atoms with Crippen LogP contribution in [0.15, 0.2) is 59.1 Å². The van der Waals surface area contributed by atoms with E-state index in [0.717, 1.165) is 5.56 Å². The summed E-state index contributed by atoms with van der Waals surface area (Å²) in [4.78, 5) is 16.2. The molecule has 0 aliphatic rings. The van der Waals surface area contributed by atoms with E-state index >= 15 is 0 Å². The molecule has 0 fully saturated rings. The highest BCUT2D eigenvalue weighted by molar-refractivity contribution is 6.30. The van der Waals surface area contributed by atoms with Gasteiger partial charge in [-0.2, -0.15) is 13.2 Å².